The Morgan fingerprint density at radius 1 is 1.32 bits per heavy atom. The Morgan fingerprint density at radius 2 is 1.92 bits per heavy atom. The van der Waals surface area contributed by atoms with E-state index in [0.717, 1.165) is 0 Å². The fourth-order valence-corrected chi connectivity index (χ4v) is 3.08. The molecule has 1 amide bonds. The Bertz CT molecular complexity index is 652. The highest BCUT2D eigenvalue weighted by Gasteiger charge is 2.43. The van der Waals surface area contributed by atoms with E-state index < -0.39 is 17.1 Å². The molecule has 0 spiro atoms. The molecule has 0 saturated carbocycles. The van der Waals surface area contributed by atoms with Crippen LogP contribution in [0.3, 0.4) is 0 Å². The summed E-state index contributed by atoms with van der Waals surface area (Å²) >= 11 is 0. The van der Waals surface area contributed by atoms with Crippen molar-refractivity contribution < 1.29 is 19.4 Å². The van der Waals surface area contributed by atoms with E-state index in [1.165, 1.54) is 0 Å². The summed E-state index contributed by atoms with van der Waals surface area (Å²) in [5, 5.41) is 20.8. The van der Waals surface area contributed by atoms with Crippen molar-refractivity contribution in [2.24, 2.45) is 0 Å². The number of para-hydroxylation sites is 1. The summed E-state index contributed by atoms with van der Waals surface area (Å²) in [5.74, 6) is -0.138. The lowest BCUT2D eigenvalue weighted by molar-refractivity contribution is -0.0390. The molecule has 136 valence electrons. The predicted molar refractivity (Wildman–Crippen MR) is 93.3 cm³/mol. The molecule has 0 bridgehead atoms. The van der Waals surface area contributed by atoms with Crippen molar-refractivity contribution in [1.82, 2.24) is 4.90 Å². The minimum absolute atomic E-state index is 0.308. The van der Waals surface area contributed by atoms with Crippen LogP contribution < -0.4 is 4.74 Å². The van der Waals surface area contributed by atoms with Crippen LogP contribution >= 0.6 is 0 Å². The quantitative estimate of drug-likeness (QED) is 0.909. The van der Waals surface area contributed by atoms with Crippen molar-refractivity contribution in [2.45, 2.75) is 50.7 Å². The van der Waals surface area contributed by atoms with E-state index in [2.05, 4.69) is 6.07 Å². The Hall–Kier alpha value is -2.26. The molecule has 1 aromatic carbocycles. The average Bonchev–Trinajstić information content (AvgIpc) is 2.55. The number of methoxy groups -OCH3 is 1. The van der Waals surface area contributed by atoms with E-state index in [1.807, 2.05) is 32.9 Å². The summed E-state index contributed by atoms with van der Waals surface area (Å²) in [6.07, 6.45) is 0.228. The molecule has 0 aliphatic carbocycles. The number of nitrogens with zero attached hydrogens (tertiary/aromatic N) is 2. The topological polar surface area (TPSA) is 82.8 Å². The fraction of sp³-hybridized carbons (Fsp3) is 0.579. The number of nitriles is 1. The van der Waals surface area contributed by atoms with Gasteiger partial charge in [0.15, 0.2) is 0 Å². The van der Waals surface area contributed by atoms with Crippen molar-refractivity contribution in [1.29, 1.82) is 5.26 Å². The van der Waals surface area contributed by atoms with Gasteiger partial charge in [-0.1, -0.05) is 18.2 Å². The lowest BCUT2D eigenvalue weighted by Gasteiger charge is -2.41. The number of piperidine rings is 1. The summed E-state index contributed by atoms with van der Waals surface area (Å²) in [6.45, 7) is 6.15. The molecule has 1 aromatic rings. The first-order chi connectivity index (χ1) is 11.7. The monoisotopic (exact) mass is 346 g/mol. The van der Waals surface area contributed by atoms with Gasteiger partial charge in [-0.25, -0.2) is 4.79 Å². The van der Waals surface area contributed by atoms with Crippen molar-refractivity contribution in [3.05, 3.63) is 29.8 Å². The summed E-state index contributed by atoms with van der Waals surface area (Å²) in [5.41, 5.74) is -1.10. The summed E-state index contributed by atoms with van der Waals surface area (Å²) in [6, 6.07) is 9.44. The number of likely N-dealkylation sites (tertiary alicyclic amines) is 1. The summed E-state index contributed by atoms with van der Waals surface area (Å²) in [4.78, 5) is 13.8. The molecule has 6 heteroatoms. The molecular weight excluding hydrogens is 320 g/mol. The summed E-state index contributed by atoms with van der Waals surface area (Å²) in [7, 11) is 1.54. The second-order valence-electron chi connectivity index (χ2n) is 7.38. The highest BCUT2D eigenvalue weighted by Crippen LogP contribution is 2.40. The van der Waals surface area contributed by atoms with Gasteiger partial charge >= 0.3 is 6.09 Å². The smallest absolute Gasteiger partial charge is 0.410 e. The molecule has 1 fully saturated rings. The zero-order valence-corrected chi connectivity index (χ0v) is 15.3. The van der Waals surface area contributed by atoms with Gasteiger partial charge < -0.3 is 19.5 Å². The lowest BCUT2D eigenvalue weighted by atomic mass is 9.76. The molecule has 1 aliphatic heterocycles. The Kier molecular flexibility index (Phi) is 5.58. The van der Waals surface area contributed by atoms with Crippen molar-refractivity contribution in [3.63, 3.8) is 0 Å². The van der Waals surface area contributed by atoms with Crippen LogP contribution in [-0.4, -0.2) is 47.5 Å². The third-order valence-electron chi connectivity index (χ3n) is 4.40. The molecule has 1 saturated heterocycles. The normalized spacial score (nSPS) is 18.2. The highest BCUT2D eigenvalue weighted by molar-refractivity contribution is 5.68. The van der Waals surface area contributed by atoms with E-state index in [9.17, 15) is 15.2 Å². The number of ether oxygens (including phenoxy) is 2. The van der Waals surface area contributed by atoms with Crippen LogP contribution in [0.15, 0.2) is 24.3 Å². The number of benzene rings is 1. The van der Waals surface area contributed by atoms with E-state index in [0.29, 0.717) is 37.2 Å². The summed E-state index contributed by atoms with van der Waals surface area (Å²) < 4.78 is 10.7. The molecule has 1 N–H and O–H groups in total. The van der Waals surface area contributed by atoms with Crippen molar-refractivity contribution in [2.75, 3.05) is 20.2 Å². The van der Waals surface area contributed by atoms with Gasteiger partial charge in [-0.3, -0.25) is 0 Å². The number of rotatable bonds is 3. The molecule has 1 aliphatic rings. The number of carbonyl (C=O) groups is 1. The van der Waals surface area contributed by atoms with Crippen LogP contribution in [0.2, 0.25) is 0 Å². The predicted octanol–water partition coefficient (Wildman–Crippen LogP) is 3.06. The molecule has 1 heterocycles. The van der Waals surface area contributed by atoms with Gasteiger partial charge in [0.25, 0.3) is 0 Å². The molecule has 0 radical (unpaired) electrons. The molecule has 6 nitrogen and oxygen atoms in total. The van der Waals surface area contributed by atoms with Crippen LogP contribution in [0.5, 0.6) is 5.75 Å². The maximum absolute atomic E-state index is 12.2. The molecule has 1 atom stereocenters. The van der Waals surface area contributed by atoms with Crippen LogP contribution in [0.1, 0.15) is 45.1 Å². The van der Waals surface area contributed by atoms with Gasteiger partial charge in [0.1, 0.15) is 17.3 Å². The average molecular weight is 346 g/mol. The largest absolute Gasteiger partial charge is 0.496 e. The maximum atomic E-state index is 12.2. The third kappa shape index (κ3) is 4.43. The van der Waals surface area contributed by atoms with E-state index in [1.54, 1.807) is 24.1 Å². The first-order valence-electron chi connectivity index (χ1n) is 8.43. The van der Waals surface area contributed by atoms with Gasteiger partial charge in [0.05, 0.1) is 18.8 Å². The van der Waals surface area contributed by atoms with Gasteiger partial charge in [-0.15, -0.1) is 0 Å². The van der Waals surface area contributed by atoms with E-state index in [4.69, 9.17) is 9.47 Å². The van der Waals surface area contributed by atoms with Crippen molar-refractivity contribution >= 4 is 6.09 Å². The van der Waals surface area contributed by atoms with Gasteiger partial charge in [0.2, 0.25) is 0 Å². The Labute approximate surface area is 149 Å². The molecule has 25 heavy (non-hydrogen) atoms. The SMILES string of the molecule is COc1ccccc1C(C#N)C1(O)CCN(C(=O)OC(C)(C)C)CC1. The Balaban J connectivity index is 2.13. The Morgan fingerprint density at radius 3 is 2.44 bits per heavy atom. The van der Waals surface area contributed by atoms with Gasteiger partial charge in [-0.2, -0.15) is 5.26 Å². The minimum Gasteiger partial charge on any atom is -0.496 e. The number of hydrogen-bond acceptors (Lipinski definition) is 5. The van der Waals surface area contributed by atoms with E-state index in [-0.39, 0.29) is 6.09 Å². The standard InChI is InChI=1S/C19H26N2O4/c1-18(2,3)25-17(22)21-11-9-19(23,10-12-21)15(13-20)14-7-5-6-8-16(14)24-4/h5-8,15,23H,9-12H2,1-4H3. The number of carbonyl (C=O) groups excluding carboxylic acids is 1. The molecule has 2 rings (SSSR count). The van der Waals surface area contributed by atoms with Crippen LogP contribution in [0.25, 0.3) is 0 Å². The zero-order valence-electron chi connectivity index (χ0n) is 15.3. The first kappa shape index (κ1) is 19.1. The number of hydrogen-bond donors (Lipinski definition) is 1. The number of aliphatic hydroxyl groups is 1. The molecule has 1 unspecified atom stereocenters. The van der Waals surface area contributed by atoms with E-state index >= 15 is 0 Å². The second kappa shape index (κ2) is 7.32. The van der Waals surface area contributed by atoms with Crippen LogP contribution in [-0.2, 0) is 4.74 Å². The third-order valence-corrected chi connectivity index (χ3v) is 4.40. The molecular formula is C19H26N2O4. The van der Waals surface area contributed by atoms with Gasteiger partial charge in [-0.05, 0) is 39.7 Å². The first-order valence-corrected chi connectivity index (χ1v) is 8.43. The van der Waals surface area contributed by atoms with Crippen molar-refractivity contribution in [3.8, 4) is 11.8 Å². The fourth-order valence-electron chi connectivity index (χ4n) is 3.08. The lowest BCUT2D eigenvalue weighted by Crippen LogP contribution is -2.50. The minimum atomic E-state index is -1.21. The maximum Gasteiger partial charge on any atom is 0.410 e. The molecule has 0 aromatic heterocycles. The van der Waals surface area contributed by atoms with Gasteiger partial charge in [0, 0.05) is 18.7 Å². The highest BCUT2D eigenvalue weighted by atomic mass is 16.6. The van der Waals surface area contributed by atoms with Crippen LogP contribution in [0.4, 0.5) is 4.79 Å². The zero-order chi connectivity index (χ0) is 18.7. The number of amides is 1. The second-order valence-corrected chi connectivity index (χ2v) is 7.38. The van der Waals surface area contributed by atoms with Crippen LogP contribution in [0, 0.1) is 11.3 Å².